The van der Waals surface area contributed by atoms with Gasteiger partial charge in [-0.25, -0.2) is 0 Å². The molecule has 16 heavy (non-hydrogen) atoms. The van der Waals surface area contributed by atoms with Gasteiger partial charge in [-0.3, -0.25) is 9.69 Å². The van der Waals surface area contributed by atoms with Gasteiger partial charge in [0.1, 0.15) is 6.04 Å². The summed E-state index contributed by atoms with van der Waals surface area (Å²) in [4.78, 5) is 11.7. The van der Waals surface area contributed by atoms with E-state index >= 15 is 0 Å². The van der Waals surface area contributed by atoms with Crippen molar-refractivity contribution < 1.29 is 28.2 Å². The zero-order valence-corrected chi connectivity index (χ0v) is 8.57. The number of carboxylic acids is 1. The number of hydrogen-bond acceptors (Lipinski definition) is 3. The van der Waals surface area contributed by atoms with Crippen LogP contribution >= 0.6 is 0 Å². The van der Waals surface area contributed by atoms with Gasteiger partial charge in [-0.1, -0.05) is 0 Å². The Hall–Kier alpha value is -0.820. The highest BCUT2D eigenvalue weighted by Gasteiger charge is 2.43. The van der Waals surface area contributed by atoms with Crippen LogP contribution in [0.3, 0.4) is 0 Å². The molecule has 0 radical (unpaired) electrons. The lowest BCUT2D eigenvalue weighted by molar-refractivity contribution is -0.163. The molecule has 0 aromatic heterocycles. The highest BCUT2D eigenvalue weighted by Crippen LogP contribution is 2.36. The van der Waals surface area contributed by atoms with Crippen molar-refractivity contribution in [2.45, 2.75) is 25.1 Å². The number of carboxylic acid groups (broad SMARTS) is 1. The molecule has 0 bridgehead atoms. The maximum Gasteiger partial charge on any atom is 0.401 e. The van der Waals surface area contributed by atoms with Crippen molar-refractivity contribution >= 4 is 5.97 Å². The number of aliphatic hydroxyl groups is 1. The van der Waals surface area contributed by atoms with Crippen LogP contribution in [0.1, 0.15) is 12.8 Å². The number of rotatable bonds is 6. The van der Waals surface area contributed by atoms with E-state index in [1.807, 2.05) is 0 Å². The molecule has 1 fully saturated rings. The Balaban J connectivity index is 2.68. The van der Waals surface area contributed by atoms with Gasteiger partial charge >= 0.3 is 12.1 Å². The van der Waals surface area contributed by atoms with Crippen LogP contribution in [0, 0.1) is 5.92 Å². The summed E-state index contributed by atoms with van der Waals surface area (Å²) in [6, 6.07) is -1.13. The predicted octanol–water partition coefficient (Wildman–Crippen LogP) is 0.706. The molecule has 4 nitrogen and oxygen atoms in total. The van der Waals surface area contributed by atoms with Crippen LogP contribution in [-0.2, 0) is 4.79 Å². The van der Waals surface area contributed by atoms with Crippen molar-refractivity contribution in [2.75, 3.05) is 19.7 Å². The summed E-state index contributed by atoms with van der Waals surface area (Å²) in [6.45, 7) is -2.04. The van der Waals surface area contributed by atoms with Gasteiger partial charge in [0, 0.05) is 6.54 Å². The summed E-state index contributed by atoms with van der Waals surface area (Å²) in [6.07, 6.45) is -3.18. The molecule has 1 unspecified atom stereocenters. The molecule has 1 rings (SSSR count). The molecule has 1 atom stereocenters. The summed E-state index contributed by atoms with van der Waals surface area (Å²) < 4.78 is 36.7. The quantitative estimate of drug-likeness (QED) is 0.719. The van der Waals surface area contributed by atoms with Crippen molar-refractivity contribution in [2.24, 2.45) is 5.92 Å². The third-order valence-corrected chi connectivity index (χ3v) is 2.48. The molecular weight excluding hydrogens is 227 g/mol. The van der Waals surface area contributed by atoms with Crippen molar-refractivity contribution in [3.63, 3.8) is 0 Å². The summed E-state index contributed by atoms with van der Waals surface area (Å²) in [5.41, 5.74) is 0. The first-order valence-corrected chi connectivity index (χ1v) is 4.99. The number of carbonyl (C=O) groups is 1. The van der Waals surface area contributed by atoms with Gasteiger partial charge in [0.05, 0.1) is 13.2 Å². The van der Waals surface area contributed by atoms with Gasteiger partial charge in [0.25, 0.3) is 0 Å². The van der Waals surface area contributed by atoms with E-state index in [1.165, 1.54) is 0 Å². The fourth-order valence-corrected chi connectivity index (χ4v) is 1.74. The zero-order chi connectivity index (χ0) is 12.3. The van der Waals surface area contributed by atoms with Crippen LogP contribution in [0.2, 0.25) is 0 Å². The van der Waals surface area contributed by atoms with Crippen LogP contribution in [0.4, 0.5) is 13.2 Å². The Bertz CT molecular complexity index is 253. The van der Waals surface area contributed by atoms with Crippen molar-refractivity contribution in [3.05, 3.63) is 0 Å². The lowest BCUT2D eigenvalue weighted by atomic mass is 10.1. The maximum atomic E-state index is 12.2. The molecule has 0 spiro atoms. The number of nitrogens with zero attached hydrogens (tertiary/aromatic N) is 1. The summed E-state index contributed by atoms with van der Waals surface area (Å²) in [7, 11) is 0. The third kappa shape index (κ3) is 3.97. The molecule has 94 valence electrons. The second-order valence-corrected chi connectivity index (χ2v) is 3.93. The molecule has 2 N–H and O–H groups in total. The van der Waals surface area contributed by atoms with Gasteiger partial charge in [0.15, 0.2) is 0 Å². The Labute approximate surface area is 90.7 Å². The highest BCUT2D eigenvalue weighted by molar-refractivity contribution is 5.74. The smallest absolute Gasteiger partial charge is 0.401 e. The first kappa shape index (κ1) is 13.2. The van der Waals surface area contributed by atoms with E-state index in [2.05, 4.69) is 0 Å². The van der Waals surface area contributed by atoms with Gasteiger partial charge in [-0.15, -0.1) is 0 Å². The lowest BCUT2D eigenvalue weighted by Crippen LogP contribution is -2.48. The molecule has 0 aromatic rings. The van der Waals surface area contributed by atoms with E-state index in [1.54, 1.807) is 0 Å². The number of halogens is 3. The molecule has 0 aromatic carbocycles. The van der Waals surface area contributed by atoms with Crippen molar-refractivity contribution in [1.29, 1.82) is 0 Å². The predicted molar refractivity (Wildman–Crippen MR) is 48.9 cm³/mol. The Kier molecular flexibility index (Phi) is 4.15. The minimum absolute atomic E-state index is 0.216. The Morgan fingerprint density at radius 1 is 1.44 bits per heavy atom. The summed E-state index contributed by atoms with van der Waals surface area (Å²) >= 11 is 0. The van der Waals surface area contributed by atoms with Gasteiger partial charge < -0.3 is 10.2 Å². The minimum Gasteiger partial charge on any atom is -0.480 e. The summed E-state index contributed by atoms with van der Waals surface area (Å²) in [5.74, 6) is -1.47. The fraction of sp³-hybridized carbons (Fsp3) is 0.889. The SMILES string of the molecule is O=C(O)C(C1CC1)N(CCO)CC(F)(F)F. The first-order valence-electron chi connectivity index (χ1n) is 4.99. The highest BCUT2D eigenvalue weighted by atomic mass is 19.4. The van der Waals surface area contributed by atoms with E-state index in [-0.39, 0.29) is 12.5 Å². The average molecular weight is 241 g/mol. The molecule has 0 heterocycles. The van der Waals surface area contributed by atoms with Crippen molar-refractivity contribution in [1.82, 2.24) is 4.90 Å². The largest absolute Gasteiger partial charge is 0.480 e. The number of aliphatic hydroxyl groups excluding tert-OH is 1. The molecule has 0 saturated heterocycles. The first-order chi connectivity index (χ1) is 7.35. The fourth-order valence-electron chi connectivity index (χ4n) is 1.74. The second-order valence-electron chi connectivity index (χ2n) is 3.93. The molecule has 0 aliphatic heterocycles. The zero-order valence-electron chi connectivity index (χ0n) is 8.57. The molecule has 0 amide bonds. The van der Waals surface area contributed by atoms with Crippen LogP contribution in [-0.4, -0.2) is 53.0 Å². The van der Waals surface area contributed by atoms with Gasteiger partial charge in [0.2, 0.25) is 0 Å². The minimum atomic E-state index is -4.45. The van der Waals surface area contributed by atoms with E-state index in [0.717, 1.165) is 4.90 Å². The number of alkyl halides is 3. The lowest BCUT2D eigenvalue weighted by Gasteiger charge is -2.28. The van der Waals surface area contributed by atoms with E-state index in [0.29, 0.717) is 12.8 Å². The molecule has 7 heteroatoms. The third-order valence-electron chi connectivity index (χ3n) is 2.48. The van der Waals surface area contributed by atoms with Gasteiger partial charge in [-0.05, 0) is 18.8 Å². The molecule has 1 aliphatic carbocycles. The van der Waals surface area contributed by atoms with E-state index in [9.17, 15) is 18.0 Å². The van der Waals surface area contributed by atoms with Crippen LogP contribution in [0.15, 0.2) is 0 Å². The average Bonchev–Trinajstić information content (AvgIpc) is 2.85. The molecule has 1 aliphatic rings. The maximum absolute atomic E-state index is 12.2. The normalized spacial score (nSPS) is 18.8. The van der Waals surface area contributed by atoms with Gasteiger partial charge in [-0.2, -0.15) is 13.2 Å². The monoisotopic (exact) mass is 241 g/mol. The standard InChI is InChI=1S/C9H14F3NO3/c10-9(11,12)5-13(3-4-14)7(8(15)16)6-1-2-6/h6-7,14H,1-5H2,(H,15,16). The van der Waals surface area contributed by atoms with Crippen LogP contribution < -0.4 is 0 Å². The topological polar surface area (TPSA) is 60.8 Å². The Morgan fingerprint density at radius 3 is 2.31 bits per heavy atom. The van der Waals surface area contributed by atoms with Crippen molar-refractivity contribution in [3.8, 4) is 0 Å². The van der Waals surface area contributed by atoms with E-state index in [4.69, 9.17) is 10.2 Å². The van der Waals surface area contributed by atoms with E-state index < -0.39 is 31.3 Å². The van der Waals surface area contributed by atoms with Crippen LogP contribution in [0.5, 0.6) is 0 Å². The number of aliphatic carboxylic acids is 1. The van der Waals surface area contributed by atoms with Crippen LogP contribution in [0.25, 0.3) is 0 Å². The summed E-state index contributed by atoms with van der Waals surface area (Å²) in [5, 5.41) is 17.6. The Morgan fingerprint density at radius 2 is 2.00 bits per heavy atom. The number of hydrogen-bond donors (Lipinski definition) is 2. The molecule has 1 saturated carbocycles. The molecular formula is C9H14F3NO3. The second kappa shape index (κ2) is 5.01.